The number of hydrogen-bond donors (Lipinski definition) is 1. The molecule has 2 aromatic rings. The van der Waals surface area contributed by atoms with Gasteiger partial charge in [0.2, 0.25) is 21.8 Å². The fourth-order valence-electron chi connectivity index (χ4n) is 3.86. The smallest absolute Gasteiger partial charge is 0.243 e. The number of rotatable bonds is 11. The molecular formula is C27H39N3O4S. The van der Waals surface area contributed by atoms with Gasteiger partial charge in [0.1, 0.15) is 6.04 Å². The molecule has 2 amide bonds. The van der Waals surface area contributed by atoms with E-state index in [9.17, 15) is 18.0 Å². The second kappa shape index (κ2) is 12.2. The minimum absolute atomic E-state index is 0.129. The molecule has 1 N–H and O–H groups in total. The van der Waals surface area contributed by atoms with Gasteiger partial charge in [-0.25, -0.2) is 8.42 Å². The maximum Gasteiger partial charge on any atom is 0.243 e. The fourth-order valence-corrected chi connectivity index (χ4v) is 4.83. The minimum atomic E-state index is -3.50. The summed E-state index contributed by atoms with van der Waals surface area (Å²) in [6, 6.07) is 16.1. The zero-order chi connectivity index (χ0) is 26.2. The van der Waals surface area contributed by atoms with Crippen LogP contribution in [0, 0.1) is 6.92 Å². The lowest BCUT2D eigenvalue weighted by molar-refractivity contribution is -0.142. The molecular weight excluding hydrogens is 462 g/mol. The van der Waals surface area contributed by atoms with Crippen LogP contribution in [0.1, 0.15) is 58.1 Å². The number of para-hydroxylation sites is 1. The Balaban J connectivity index is 2.21. The molecule has 7 nitrogen and oxygen atoms in total. The normalized spacial score (nSPS) is 12.6. The third-order valence-corrected chi connectivity index (χ3v) is 6.75. The van der Waals surface area contributed by atoms with E-state index >= 15 is 0 Å². The monoisotopic (exact) mass is 501 g/mol. The molecule has 0 aromatic heterocycles. The lowest BCUT2D eigenvalue weighted by Gasteiger charge is -2.33. The van der Waals surface area contributed by atoms with Gasteiger partial charge in [0, 0.05) is 25.0 Å². The van der Waals surface area contributed by atoms with E-state index in [0.717, 1.165) is 17.4 Å². The summed E-state index contributed by atoms with van der Waals surface area (Å²) >= 11 is 0. The fraction of sp³-hybridized carbons (Fsp3) is 0.481. The maximum atomic E-state index is 13.4. The highest BCUT2D eigenvalue weighted by Crippen LogP contribution is 2.19. The molecule has 35 heavy (non-hydrogen) atoms. The summed E-state index contributed by atoms with van der Waals surface area (Å²) in [6.07, 6.45) is 2.10. The van der Waals surface area contributed by atoms with Crippen molar-refractivity contribution in [2.75, 3.05) is 17.1 Å². The summed E-state index contributed by atoms with van der Waals surface area (Å²) in [5, 5.41) is 3.00. The number of aryl methyl sites for hydroxylation is 1. The molecule has 0 fully saturated rings. The largest absolute Gasteiger partial charge is 0.350 e. The molecule has 192 valence electrons. The lowest BCUT2D eigenvalue weighted by Crippen LogP contribution is -2.53. The molecule has 2 aromatic carbocycles. The number of benzene rings is 2. The van der Waals surface area contributed by atoms with E-state index in [1.807, 2.05) is 65.0 Å². The Hall–Kier alpha value is -2.87. The molecule has 0 aliphatic rings. The number of carbonyl (C=O) groups excluding carboxylic acids is 2. The van der Waals surface area contributed by atoms with Crippen LogP contribution >= 0.6 is 0 Å². The van der Waals surface area contributed by atoms with Crippen LogP contribution in [0.15, 0.2) is 54.6 Å². The van der Waals surface area contributed by atoms with Crippen molar-refractivity contribution in [1.29, 1.82) is 0 Å². The van der Waals surface area contributed by atoms with Gasteiger partial charge in [0.25, 0.3) is 0 Å². The van der Waals surface area contributed by atoms with Crippen molar-refractivity contribution in [2.24, 2.45) is 0 Å². The molecule has 2 rings (SSSR count). The van der Waals surface area contributed by atoms with Gasteiger partial charge in [-0.1, -0.05) is 55.0 Å². The maximum absolute atomic E-state index is 13.4. The van der Waals surface area contributed by atoms with Crippen molar-refractivity contribution >= 4 is 27.5 Å². The van der Waals surface area contributed by atoms with Gasteiger partial charge in [0.15, 0.2) is 0 Å². The highest BCUT2D eigenvalue weighted by molar-refractivity contribution is 7.92. The van der Waals surface area contributed by atoms with Crippen molar-refractivity contribution in [3.8, 4) is 0 Å². The van der Waals surface area contributed by atoms with Crippen LogP contribution < -0.4 is 9.62 Å². The average Bonchev–Trinajstić information content (AvgIpc) is 2.76. The van der Waals surface area contributed by atoms with Gasteiger partial charge in [-0.05, 0) is 58.2 Å². The number of nitrogens with one attached hydrogen (secondary N) is 1. The van der Waals surface area contributed by atoms with E-state index in [-0.39, 0.29) is 24.8 Å². The second-order valence-electron chi connectivity index (χ2n) is 9.94. The second-order valence-corrected chi connectivity index (χ2v) is 11.9. The van der Waals surface area contributed by atoms with Crippen LogP contribution in [0.25, 0.3) is 0 Å². The Morgan fingerprint density at radius 2 is 1.60 bits per heavy atom. The third-order valence-electron chi connectivity index (χ3n) is 5.55. The summed E-state index contributed by atoms with van der Waals surface area (Å²) in [6.45, 7) is 10.1. The predicted molar refractivity (Wildman–Crippen MR) is 142 cm³/mol. The molecule has 0 aliphatic carbocycles. The standard InChI is InChI=1S/C27H39N3O4S/c1-7-24(26(32)28-27(3,4)5)29(20-22-17-15-21(2)16-18-22)25(31)14-11-19-30(35(6,33)34)23-12-9-8-10-13-23/h8-10,12-13,15-18,24H,7,11,14,19-20H2,1-6H3,(H,28,32)/t24-/m0/s1. The molecule has 0 unspecified atom stereocenters. The molecule has 0 heterocycles. The van der Waals surface area contributed by atoms with E-state index in [1.165, 1.54) is 4.31 Å². The molecule has 1 atom stereocenters. The Morgan fingerprint density at radius 1 is 1.00 bits per heavy atom. The van der Waals surface area contributed by atoms with Gasteiger partial charge >= 0.3 is 0 Å². The number of amides is 2. The first-order valence-electron chi connectivity index (χ1n) is 12.0. The van der Waals surface area contributed by atoms with E-state index in [2.05, 4.69) is 5.32 Å². The highest BCUT2D eigenvalue weighted by atomic mass is 32.2. The van der Waals surface area contributed by atoms with Crippen LogP contribution in [0.3, 0.4) is 0 Å². The molecule has 0 saturated carbocycles. The topological polar surface area (TPSA) is 86.8 Å². The Labute approximate surface area is 210 Å². The summed E-state index contributed by atoms with van der Waals surface area (Å²) < 4.78 is 26.0. The molecule has 0 spiro atoms. The number of hydrogen-bond acceptors (Lipinski definition) is 4. The third kappa shape index (κ3) is 9.02. The van der Waals surface area contributed by atoms with Gasteiger partial charge < -0.3 is 10.2 Å². The van der Waals surface area contributed by atoms with E-state index in [0.29, 0.717) is 25.1 Å². The first kappa shape index (κ1) is 28.4. The molecule has 0 bridgehead atoms. The van der Waals surface area contributed by atoms with Gasteiger partial charge in [-0.15, -0.1) is 0 Å². The quantitative estimate of drug-likeness (QED) is 0.498. The number of sulfonamides is 1. The van der Waals surface area contributed by atoms with Gasteiger partial charge in [-0.2, -0.15) is 0 Å². The number of carbonyl (C=O) groups is 2. The van der Waals surface area contributed by atoms with Gasteiger partial charge in [0.05, 0.1) is 11.9 Å². The number of nitrogens with zero attached hydrogens (tertiary/aromatic N) is 2. The summed E-state index contributed by atoms with van der Waals surface area (Å²) in [5.74, 6) is -0.370. The molecule has 8 heteroatoms. The highest BCUT2D eigenvalue weighted by Gasteiger charge is 2.30. The molecule has 0 aliphatic heterocycles. The van der Waals surface area contributed by atoms with Gasteiger partial charge in [-0.3, -0.25) is 13.9 Å². The summed E-state index contributed by atoms with van der Waals surface area (Å²) in [4.78, 5) is 28.1. The molecule has 0 radical (unpaired) electrons. The first-order valence-corrected chi connectivity index (χ1v) is 13.9. The SMILES string of the molecule is CC[C@@H](C(=O)NC(C)(C)C)N(Cc1ccc(C)cc1)C(=O)CCCN(c1ccccc1)S(C)(=O)=O. The van der Waals surface area contributed by atoms with E-state index in [1.54, 1.807) is 29.2 Å². The van der Waals surface area contributed by atoms with E-state index in [4.69, 9.17) is 0 Å². The Kier molecular flexibility index (Phi) is 9.89. The zero-order valence-corrected chi connectivity index (χ0v) is 22.6. The van der Waals surface area contributed by atoms with Crippen LogP contribution in [0.5, 0.6) is 0 Å². The van der Waals surface area contributed by atoms with E-state index < -0.39 is 21.6 Å². The first-order chi connectivity index (χ1) is 16.3. The van der Waals surface area contributed by atoms with Crippen molar-refractivity contribution in [1.82, 2.24) is 10.2 Å². The lowest BCUT2D eigenvalue weighted by atomic mass is 10.0. The summed E-state index contributed by atoms with van der Waals surface area (Å²) in [5.41, 5.74) is 2.20. The zero-order valence-electron chi connectivity index (χ0n) is 21.7. The van der Waals surface area contributed by atoms with Crippen LogP contribution in [0.4, 0.5) is 5.69 Å². The van der Waals surface area contributed by atoms with Crippen molar-refractivity contribution in [3.05, 3.63) is 65.7 Å². The van der Waals surface area contributed by atoms with Crippen LogP contribution in [0.2, 0.25) is 0 Å². The Morgan fingerprint density at radius 3 is 2.11 bits per heavy atom. The van der Waals surface area contributed by atoms with Crippen LogP contribution in [-0.2, 0) is 26.2 Å². The molecule has 0 saturated heterocycles. The minimum Gasteiger partial charge on any atom is -0.350 e. The van der Waals surface area contributed by atoms with Crippen molar-refractivity contribution < 1.29 is 18.0 Å². The average molecular weight is 502 g/mol. The predicted octanol–water partition coefficient (Wildman–Crippen LogP) is 4.26. The van der Waals surface area contributed by atoms with Crippen molar-refractivity contribution in [3.63, 3.8) is 0 Å². The summed E-state index contributed by atoms with van der Waals surface area (Å²) in [7, 11) is -3.50. The Bertz CT molecular complexity index is 1080. The number of anilines is 1. The van der Waals surface area contributed by atoms with Crippen LogP contribution in [-0.4, -0.2) is 49.5 Å². The van der Waals surface area contributed by atoms with Crippen molar-refractivity contribution in [2.45, 2.75) is 72.0 Å².